The monoisotopic (exact) mass is 255 g/mol. The maximum absolute atomic E-state index is 12.3. The molecule has 19 heavy (non-hydrogen) atoms. The van der Waals surface area contributed by atoms with Gasteiger partial charge in [0.25, 0.3) is 0 Å². The summed E-state index contributed by atoms with van der Waals surface area (Å²) in [6.45, 7) is 2.13. The van der Waals surface area contributed by atoms with E-state index < -0.39 is 0 Å². The van der Waals surface area contributed by atoms with E-state index in [2.05, 4.69) is 5.16 Å². The molecule has 0 aliphatic heterocycles. The molecular weight excluding hydrogens is 240 g/mol. The molecule has 0 saturated carbocycles. The molecule has 4 nitrogen and oxygen atoms in total. The number of hydrogen-bond donors (Lipinski definition) is 1. The summed E-state index contributed by atoms with van der Waals surface area (Å²) in [5, 5.41) is 11.6. The Morgan fingerprint density at radius 1 is 1.26 bits per heavy atom. The van der Waals surface area contributed by atoms with Gasteiger partial charge in [0.2, 0.25) is 18.0 Å². The number of Topliss-reactive ketones (excluding diaryl/α,β-unsaturated/α-hetero) is 1. The van der Waals surface area contributed by atoms with Crippen LogP contribution in [0, 0.1) is 6.92 Å². The zero-order valence-corrected chi connectivity index (χ0v) is 10.7. The van der Waals surface area contributed by atoms with Crippen molar-refractivity contribution in [2.75, 3.05) is 0 Å². The highest BCUT2D eigenvalue weighted by atomic mass is 16.4. The van der Waals surface area contributed by atoms with Gasteiger partial charge in [0.15, 0.2) is 6.20 Å². The van der Waals surface area contributed by atoms with E-state index in [4.69, 9.17) is 5.21 Å². The average Bonchev–Trinajstić information content (AvgIpc) is 2.41. The van der Waals surface area contributed by atoms with Crippen LogP contribution in [0.1, 0.15) is 21.6 Å². The Morgan fingerprint density at radius 2 is 2.00 bits per heavy atom. The van der Waals surface area contributed by atoms with Crippen LogP contribution in [0.2, 0.25) is 0 Å². The van der Waals surface area contributed by atoms with E-state index in [9.17, 15) is 4.79 Å². The molecular formula is C15H15N2O2+. The van der Waals surface area contributed by atoms with Gasteiger partial charge in [-0.2, -0.15) is 4.57 Å². The molecule has 0 radical (unpaired) electrons. The second-order valence-corrected chi connectivity index (χ2v) is 4.24. The van der Waals surface area contributed by atoms with Crippen LogP contribution in [-0.2, 0) is 6.54 Å². The van der Waals surface area contributed by atoms with Gasteiger partial charge in [-0.05, 0) is 18.6 Å². The number of rotatable bonds is 4. The summed E-state index contributed by atoms with van der Waals surface area (Å²) in [6.07, 6.45) is 3.10. The minimum absolute atomic E-state index is 0.0295. The van der Waals surface area contributed by atoms with Gasteiger partial charge < -0.3 is 5.21 Å². The van der Waals surface area contributed by atoms with Gasteiger partial charge in [0, 0.05) is 17.7 Å². The molecule has 0 spiro atoms. The van der Waals surface area contributed by atoms with Gasteiger partial charge in [0.1, 0.15) is 6.21 Å². The van der Waals surface area contributed by atoms with E-state index in [1.807, 2.05) is 43.3 Å². The highest BCUT2D eigenvalue weighted by molar-refractivity contribution is 5.96. The molecule has 0 amide bonds. The number of ketones is 1. The van der Waals surface area contributed by atoms with Crippen molar-refractivity contribution in [3.05, 3.63) is 65.5 Å². The Labute approximate surface area is 111 Å². The van der Waals surface area contributed by atoms with Crippen LogP contribution in [-0.4, -0.2) is 17.2 Å². The summed E-state index contributed by atoms with van der Waals surface area (Å²) in [5.41, 5.74) is 2.35. The predicted molar refractivity (Wildman–Crippen MR) is 71.5 cm³/mol. The molecule has 0 atom stereocenters. The fourth-order valence-electron chi connectivity index (χ4n) is 1.94. The number of carbonyl (C=O) groups excluding carboxylic acids is 1. The molecule has 1 heterocycles. The van der Waals surface area contributed by atoms with Crippen LogP contribution in [0.3, 0.4) is 0 Å². The number of hydrogen-bond acceptors (Lipinski definition) is 3. The number of oxime groups is 1. The molecule has 4 heteroatoms. The first kappa shape index (κ1) is 13.0. The van der Waals surface area contributed by atoms with Crippen molar-refractivity contribution in [3.8, 4) is 0 Å². The smallest absolute Gasteiger partial charge is 0.227 e. The summed E-state index contributed by atoms with van der Waals surface area (Å²) >= 11 is 0. The van der Waals surface area contributed by atoms with Gasteiger partial charge in [0.05, 0.1) is 0 Å². The highest BCUT2D eigenvalue weighted by Gasteiger charge is 2.16. The number of pyridine rings is 1. The molecule has 1 aromatic heterocycles. The van der Waals surface area contributed by atoms with Crippen LogP contribution in [0.5, 0.6) is 0 Å². The lowest BCUT2D eigenvalue weighted by atomic mass is 10.0. The normalized spacial score (nSPS) is 10.8. The SMILES string of the molecule is Cc1ccccc1C(=O)C[n+]1ccccc1C=NO. The molecule has 0 aliphatic rings. The molecule has 0 unspecified atom stereocenters. The van der Waals surface area contributed by atoms with Crippen molar-refractivity contribution in [1.29, 1.82) is 0 Å². The minimum Gasteiger partial charge on any atom is -0.411 e. The van der Waals surface area contributed by atoms with E-state index >= 15 is 0 Å². The Kier molecular flexibility index (Phi) is 4.03. The third-order valence-electron chi connectivity index (χ3n) is 2.93. The molecule has 0 aliphatic carbocycles. The molecule has 1 N–H and O–H groups in total. The lowest BCUT2D eigenvalue weighted by Gasteiger charge is -2.03. The largest absolute Gasteiger partial charge is 0.411 e. The average molecular weight is 255 g/mol. The Balaban J connectivity index is 2.27. The number of carbonyl (C=O) groups is 1. The van der Waals surface area contributed by atoms with E-state index in [1.165, 1.54) is 6.21 Å². The van der Waals surface area contributed by atoms with Gasteiger partial charge in [-0.1, -0.05) is 29.4 Å². The summed E-state index contributed by atoms with van der Waals surface area (Å²) in [6, 6.07) is 12.9. The van der Waals surface area contributed by atoms with Crippen LogP contribution in [0.15, 0.2) is 53.8 Å². The maximum atomic E-state index is 12.3. The van der Waals surface area contributed by atoms with Crippen molar-refractivity contribution in [1.82, 2.24) is 0 Å². The topological polar surface area (TPSA) is 53.5 Å². The number of aryl methyl sites for hydroxylation is 1. The van der Waals surface area contributed by atoms with Gasteiger partial charge in [-0.15, -0.1) is 0 Å². The van der Waals surface area contributed by atoms with E-state index in [0.717, 1.165) is 5.56 Å². The number of aromatic nitrogens is 1. The summed E-state index contributed by atoms with van der Waals surface area (Å²) < 4.78 is 1.74. The first-order chi connectivity index (χ1) is 9.22. The summed E-state index contributed by atoms with van der Waals surface area (Å²) in [5.74, 6) is 0.0295. The third kappa shape index (κ3) is 3.04. The second kappa shape index (κ2) is 5.91. The molecule has 2 aromatic rings. The van der Waals surface area contributed by atoms with Crippen molar-refractivity contribution < 1.29 is 14.6 Å². The molecule has 0 bridgehead atoms. The van der Waals surface area contributed by atoms with Crippen molar-refractivity contribution in [2.45, 2.75) is 13.5 Å². The lowest BCUT2D eigenvalue weighted by Crippen LogP contribution is -2.41. The van der Waals surface area contributed by atoms with Gasteiger partial charge in [-0.3, -0.25) is 4.79 Å². The van der Waals surface area contributed by atoms with Crippen molar-refractivity contribution in [2.24, 2.45) is 5.16 Å². The van der Waals surface area contributed by atoms with Crippen LogP contribution >= 0.6 is 0 Å². The van der Waals surface area contributed by atoms with Crippen molar-refractivity contribution in [3.63, 3.8) is 0 Å². The Bertz CT molecular complexity index is 621. The van der Waals surface area contributed by atoms with E-state index in [1.54, 1.807) is 16.8 Å². The zero-order chi connectivity index (χ0) is 13.7. The quantitative estimate of drug-likeness (QED) is 0.298. The third-order valence-corrected chi connectivity index (χ3v) is 2.93. The first-order valence-corrected chi connectivity index (χ1v) is 5.97. The Hall–Kier alpha value is -2.49. The first-order valence-electron chi connectivity index (χ1n) is 5.97. The molecule has 0 saturated heterocycles. The molecule has 96 valence electrons. The zero-order valence-electron chi connectivity index (χ0n) is 10.7. The fourth-order valence-corrected chi connectivity index (χ4v) is 1.94. The van der Waals surface area contributed by atoms with E-state index in [-0.39, 0.29) is 12.3 Å². The lowest BCUT2D eigenvalue weighted by molar-refractivity contribution is -0.684. The van der Waals surface area contributed by atoms with Crippen LogP contribution in [0.4, 0.5) is 0 Å². The summed E-state index contributed by atoms with van der Waals surface area (Å²) in [7, 11) is 0. The second-order valence-electron chi connectivity index (χ2n) is 4.24. The predicted octanol–water partition coefficient (Wildman–Crippen LogP) is 1.97. The van der Waals surface area contributed by atoms with Gasteiger partial charge in [-0.25, -0.2) is 0 Å². The Morgan fingerprint density at radius 3 is 2.74 bits per heavy atom. The van der Waals surface area contributed by atoms with Crippen molar-refractivity contribution >= 4 is 12.0 Å². The highest BCUT2D eigenvalue weighted by Crippen LogP contribution is 2.07. The molecule has 0 fully saturated rings. The van der Waals surface area contributed by atoms with Gasteiger partial charge >= 0.3 is 0 Å². The summed E-state index contributed by atoms with van der Waals surface area (Å²) in [4.78, 5) is 12.3. The molecule has 1 aromatic carbocycles. The molecule has 2 rings (SSSR count). The maximum Gasteiger partial charge on any atom is 0.227 e. The van der Waals surface area contributed by atoms with Crippen LogP contribution in [0.25, 0.3) is 0 Å². The number of benzene rings is 1. The fraction of sp³-hybridized carbons (Fsp3) is 0.133. The van der Waals surface area contributed by atoms with E-state index in [0.29, 0.717) is 11.3 Å². The van der Waals surface area contributed by atoms with Crippen LogP contribution < -0.4 is 4.57 Å². The standard InChI is InChI=1S/C15H14N2O2/c1-12-6-2-3-8-14(12)15(18)11-17-9-5-4-7-13(17)10-16-19/h2-10H,11H2,1H3/p+1. The number of nitrogens with zero attached hydrogens (tertiary/aromatic N) is 2. The minimum atomic E-state index is 0.0295.